The van der Waals surface area contributed by atoms with Crippen LogP contribution in [0.3, 0.4) is 0 Å². The molecule has 0 fully saturated rings. The molecule has 0 saturated carbocycles. The van der Waals surface area contributed by atoms with Crippen molar-refractivity contribution in [1.29, 1.82) is 0 Å². The van der Waals surface area contributed by atoms with Crippen LogP contribution in [-0.2, 0) is 23.8 Å². The summed E-state index contributed by atoms with van der Waals surface area (Å²) >= 11 is 1.43. The van der Waals surface area contributed by atoms with Crippen molar-refractivity contribution in [2.75, 3.05) is 5.75 Å². The Hall–Kier alpha value is -2.47. The third kappa shape index (κ3) is 5.77. The van der Waals surface area contributed by atoms with Gasteiger partial charge in [-0.05, 0) is 72.6 Å². The Labute approximate surface area is 204 Å². The summed E-state index contributed by atoms with van der Waals surface area (Å²) < 4.78 is 38.4. The Balaban J connectivity index is 1.80. The number of halogens is 3. The zero-order valence-corrected chi connectivity index (χ0v) is 20.7. The molecule has 0 spiro atoms. The number of hydrogen-bond donors (Lipinski definition) is 1. The predicted octanol–water partition coefficient (Wildman–Crippen LogP) is 7.98. The number of aryl methyl sites for hydroxylation is 3. The van der Waals surface area contributed by atoms with Gasteiger partial charge in [-0.3, -0.25) is 4.79 Å². The minimum absolute atomic E-state index is 0.0609. The fraction of sp³-hybridized carbons (Fsp3) is 0.393. The van der Waals surface area contributed by atoms with Crippen molar-refractivity contribution >= 4 is 23.1 Å². The largest absolute Gasteiger partial charge is 0.512 e. The average molecular weight is 489 g/mol. The molecule has 1 aliphatic carbocycles. The summed E-state index contributed by atoms with van der Waals surface area (Å²) in [5, 5.41) is 11.0. The first-order valence-electron chi connectivity index (χ1n) is 11.6. The van der Waals surface area contributed by atoms with E-state index in [0.29, 0.717) is 24.2 Å². The number of hydrogen-bond acceptors (Lipinski definition) is 3. The Bertz CT molecular complexity index is 1060. The maximum atomic E-state index is 13.3. The zero-order valence-electron chi connectivity index (χ0n) is 19.8. The van der Waals surface area contributed by atoms with E-state index in [1.165, 1.54) is 23.9 Å². The highest BCUT2D eigenvalue weighted by molar-refractivity contribution is 7.99. The molecular formula is C28H31F3O2S. The summed E-state index contributed by atoms with van der Waals surface area (Å²) in [4.78, 5) is 14.0. The molecule has 1 aliphatic rings. The first-order valence-corrected chi connectivity index (χ1v) is 12.6. The monoisotopic (exact) mass is 488 g/mol. The van der Waals surface area contributed by atoms with Gasteiger partial charge in [0.25, 0.3) is 0 Å². The van der Waals surface area contributed by atoms with Crippen LogP contribution in [0.25, 0.3) is 5.57 Å². The number of benzene rings is 2. The highest BCUT2D eigenvalue weighted by Crippen LogP contribution is 2.40. The molecule has 182 valence electrons. The molecule has 0 radical (unpaired) electrons. The van der Waals surface area contributed by atoms with Gasteiger partial charge in [0.15, 0.2) is 5.78 Å². The first-order chi connectivity index (χ1) is 16.1. The highest BCUT2D eigenvalue weighted by atomic mass is 32.2. The normalized spacial score (nSPS) is 17.7. The molecule has 1 N–H and O–H groups in total. The van der Waals surface area contributed by atoms with E-state index in [2.05, 4.69) is 32.6 Å². The van der Waals surface area contributed by atoms with Gasteiger partial charge >= 0.3 is 6.18 Å². The third-order valence-corrected chi connectivity index (χ3v) is 7.62. The van der Waals surface area contributed by atoms with Gasteiger partial charge in [0.1, 0.15) is 5.76 Å². The van der Waals surface area contributed by atoms with Gasteiger partial charge < -0.3 is 5.11 Å². The summed E-state index contributed by atoms with van der Waals surface area (Å²) in [6, 6.07) is 9.25. The fourth-order valence-corrected chi connectivity index (χ4v) is 5.78. The van der Waals surface area contributed by atoms with Crippen LogP contribution in [0.15, 0.2) is 59.7 Å². The van der Waals surface area contributed by atoms with E-state index in [1.54, 1.807) is 6.08 Å². The van der Waals surface area contributed by atoms with Gasteiger partial charge in [-0.1, -0.05) is 37.6 Å². The van der Waals surface area contributed by atoms with Gasteiger partial charge in [0.05, 0.1) is 11.1 Å². The fourth-order valence-electron chi connectivity index (χ4n) is 4.66. The van der Waals surface area contributed by atoms with Gasteiger partial charge in [-0.15, -0.1) is 18.3 Å². The number of aliphatic hydroxyl groups excluding tert-OH is 1. The van der Waals surface area contributed by atoms with E-state index < -0.39 is 11.7 Å². The smallest absolute Gasteiger partial charge is 0.416 e. The summed E-state index contributed by atoms with van der Waals surface area (Å²) in [7, 11) is 0. The molecule has 2 atom stereocenters. The van der Waals surface area contributed by atoms with E-state index in [9.17, 15) is 23.1 Å². The van der Waals surface area contributed by atoms with Crippen LogP contribution in [0.4, 0.5) is 13.2 Å². The van der Waals surface area contributed by atoms with E-state index in [-0.39, 0.29) is 23.4 Å². The number of Topliss-reactive ketones (excluding diaryl/α,β-unsaturated/α-hetero) is 1. The molecule has 0 aromatic heterocycles. The van der Waals surface area contributed by atoms with Crippen LogP contribution in [-0.4, -0.2) is 16.6 Å². The number of aliphatic hydroxyl groups is 1. The second-order valence-corrected chi connectivity index (χ2v) is 9.90. The van der Waals surface area contributed by atoms with Crippen molar-refractivity contribution in [3.63, 3.8) is 0 Å². The summed E-state index contributed by atoms with van der Waals surface area (Å²) in [6.07, 6.45) is -0.333. The second kappa shape index (κ2) is 10.9. The molecule has 2 aromatic carbocycles. The molecule has 0 saturated heterocycles. The maximum Gasteiger partial charge on any atom is 0.416 e. The number of carbonyl (C=O) groups is 1. The Morgan fingerprint density at radius 2 is 1.71 bits per heavy atom. The van der Waals surface area contributed by atoms with Crippen molar-refractivity contribution in [2.45, 2.75) is 57.5 Å². The molecule has 2 unspecified atom stereocenters. The van der Waals surface area contributed by atoms with Crippen molar-refractivity contribution in [3.05, 3.63) is 82.6 Å². The van der Waals surface area contributed by atoms with Crippen LogP contribution in [0.1, 0.15) is 54.5 Å². The molecule has 0 bridgehead atoms. The number of rotatable bonds is 8. The third-order valence-electron chi connectivity index (χ3n) is 6.46. The molecule has 3 rings (SSSR count). The Morgan fingerprint density at radius 3 is 2.18 bits per heavy atom. The van der Waals surface area contributed by atoms with Gasteiger partial charge in [0.2, 0.25) is 0 Å². The van der Waals surface area contributed by atoms with E-state index >= 15 is 0 Å². The molecule has 2 aromatic rings. The van der Waals surface area contributed by atoms with Crippen LogP contribution in [0.2, 0.25) is 0 Å². The minimum Gasteiger partial charge on any atom is -0.512 e. The number of alkyl halides is 3. The standard InChI is InChI=1S/C28H31F3O2S/c1-5-18-12-17(4)13-19(6-2)26(18)27-24(32)14-21(15-25(27)33)20(7-3)16-34-23-10-8-22(9-11-23)28(29,30)31/h7-13,20-21,32H,3,5-6,14-16H2,1-2,4H3. The van der Waals surface area contributed by atoms with Gasteiger partial charge in [-0.2, -0.15) is 13.2 Å². The van der Waals surface area contributed by atoms with Gasteiger partial charge in [0, 0.05) is 23.5 Å². The number of carbonyl (C=O) groups excluding carboxylic acids is 1. The average Bonchev–Trinajstić information content (AvgIpc) is 2.79. The van der Waals surface area contributed by atoms with Gasteiger partial charge in [-0.25, -0.2) is 0 Å². The van der Waals surface area contributed by atoms with Crippen LogP contribution in [0, 0.1) is 18.8 Å². The number of allylic oxidation sites excluding steroid dienone is 3. The Kier molecular flexibility index (Phi) is 8.34. The molecule has 0 amide bonds. The summed E-state index contributed by atoms with van der Waals surface area (Å²) in [5.74, 6) is 0.472. The molecular weight excluding hydrogens is 457 g/mol. The van der Waals surface area contributed by atoms with Crippen LogP contribution in [0.5, 0.6) is 0 Å². The van der Waals surface area contributed by atoms with Crippen molar-refractivity contribution in [3.8, 4) is 0 Å². The topological polar surface area (TPSA) is 37.3 Å². The Morgan fingerprint density at radius 1 is 1.12 bits per heavy atom. The second-order valence-electron chi connectivity index (χ2n) is 8.81. The highest BCUT2D eigenvalue weighted by Gasteiger charge is 2.34. The quantitative estimate of drug-likeness (QED) is 0.302. The lowest BCUT2D eigenvalue weighted by molar-refractivity contribution is -0.137. The summed E-state index contributed by atoms with van der Waals surface area (Å²) in [5.41, 5.74) is 3.94. The lowest BCUT2D eigenvalue weighted by atomic mass is 9.76. The van der Waals surface area contributed by atoms with E-state index in [1.807, 2.05) is 6.92 Å². The number of ketones is 1. The lowest BCUT2D eigenvalue weighted by Crippen LogP contribution is -2.26. The molecule has 34 heavy (non-hydrogen) atoms. The predicted molar refractivity (Wildman–Crippen MR) is 133 cm³/mol. The van der Waals surface area contributed by atoms with Crippen molar-refractivity contribution in [1.82, 2.24) is 0 Å². The maximum absolute atomic E-state index is 13.3. The molecule has 2 nitrogen and oxygen atoms in total. The first kappa shape index (κ1) is 26.1. The molecule has 0 heterocycles. The van der Waals surface area contributed by atoms with E-state index in [4.69, 9.17) is 0 Å². The SMILES string of the molecule is C=CC(CSc1ccc(C(F)(F)F)cc1)C1CC(=O)C(c2c(CC)cc(C)cc2CC)=C(O)C1. The molecule has 0 aliphatic heterocycles. The lowest BCUT2D eigenvalue weighted by Gasteiger charge is -2.30. The van der Waals surface area contributed by atoms with E-state index in [0.717, 1.165) is 52.1 Å². The molecule has 6 heteroatoms. The van der Waals surface area contributed by atoms with Crippen molar-refractivity contribution < 1.29 is 23.1 Å². The minimum atomic E-state index is -4.36. The number of thioether (sulfide) groups is 1. The van der Waals surface area contributed by atoms with Crippen LogP contribution < -0.4 is 0 Å². The zero-order chi connectivity index (χ0) is 25.0. The summed E-state index contributed by atoms with van der Waals surface area (Å²) in [6.45, 7) is 10.1. The van der Waals surface area contributed by atoms with Crippen molar-refractivity contribution in [2.24, 2.45) is 11.8 Å². The van der Waals surface area contributed by atoms with Crippen LogP contribution >= 0.6 is 11.8 Å².